The lowest BCUT2D eigenvalue weighted by Gasteiger charge is -2.20. The van der Waals surface area contributed by atoms with Crippen LogP contribution in [0.3, 0.4) is 0 Å². The van der Waals surface area contributed by atoms with E-state index in [2.05, 4.69) is 45.6 Å². The lowest BCUT2D eigenvalue weighted by molar-refractivity contribution is -0.763. The Morgan fingerprint density at radius 3 is 1.80 bits per heavy atom. The Morgan fingerprint density at radius 2 is 1.27 bits per heavy atom. The largest absolute Gasteiger partial charge is 0.481 e. The zero-order valence-electron chi connectivity index (χ0n) is 30.6. The van der Waals surface area contributed by atoms with E-state index >= 15 is 0 Å². The number of nitrogens with zero attached hydrogens (tertiary/aromatic N) is 7. The third kappa shape index (κ3) is 11.8. The normalized spacial score (nSPS) is 11.1. The second-order valence-corrected chi connectivity index (χ2v) is 12.4. The van der Waals surface area contributed by atoms with E-state index in [1.807, 2.05) is 0 Å². The molecule has 0 spiro atoms. The summed E-state index contributed by atoms with van der Waals surface area (Å²) in [6, 6.07) is 16.2. The van der Waals surface area contributed by atoms with Crippen LogP contribution in [0.2, 0.25) is 0 Å². The average molecular weight is 813 g/mol. The van der Waals surface area contributed by atoms with Gasteiger partial charge in [0.2, 0.25) is 5.95 Å². The first kappa shape index (κ1) is 41.8. The molecule has 0 saturated heterocycles. The molecule has 2 aromatic heterocycles. The number of hydrogen-bond acceptors (Lipinski definition) is 16. The smallest absolute Gasteiger partial charge is 0.326 e. The number of fused-ring (bicyclic) bond motifs is 1. The lowest BCUT2D eigenvalue weighted by atomic mass is 10.1. The molecule has 2 heterocycles. The molecule has 59 heavy (non-hydrogen) atoms. The second-order valence-electron chi connectivity index (χ2n) is 12.4. The van der Waals surface area contributed by atoms with E-state index in [0.29, 0.717) is 22.5 Å². The lowest BCUT2D eigenvalue weighted by Crippen LogP contribution is -2.41. The van der Waals surface area contributed by atoms with Gasteiger partial charge in [-0.05, 0) is 66.1 Å². The fourth-order valence-electron chi connectivity index (χ4n) is 5.24. The molecule has 0 aliphatic carbocycles. The Balaban J connectivity index is 1.37. The number of carbonyl (C=O) groups is 5. The van der Waals surface area contributed by atoms with Crippen LogP contribution in [-0.4, -0.2) is 83.1 Å². The Labute approximate surface area is 331 Å². The van der Waals surface area contributed by atoms with Crippen molar-refractivity contribution in [2.24, 2.45) is 0 Å². The Hall–Kier alpha value is -8.37. The van der Waals surface area contributed by atoms with Gasteiger partial charge in [0.25, 0.3) is 27.9 Å². The maximum atomic E-state index is 13.4. The van der Waals surface area contributed by atoms with Gasteiger partial charge >= 0.3 is 11.9 Å². The summed E-state index contributed by atoms with van der Waals surface area (Å²) in [5.41, 5.74) is 2.26. The van der Waals surface area contributed by atoms with E-state index in [0.717, 1.165) is 0 Å². The molecule has 23 heteroatoms. The fourth-order valence-corrected chi connectivity index (χ4v) is 5.24. The van der Waals surface area contributed by atoms with Crippen molar-refractivity contribution >= 4 is 58.3 Å². The summed E-state index contributed by atoms with van der Waals surface area (Å²) < 4.78 is 0. The van der Waals surface area contributed by atoms with Crippen molar-refractivity contribution < 1.29 is 54.0 Å². The predicted molar refractivity (Wildman–Crippen MR) is 202 cm³/mol. The molecule has 0 radical (unpaired) electrons. The summed E-state index contributed by atoms with van der Waals surface area (Å²) in [6.07, 6.45) is 0.666. The van der Waals surface area contributed by atoms with Gasteiger partial charge in [0, 0.05) is 35.8 Å². The first-order chi connectivity index (χ1) is 28.1. The van der Waals surface area contributed by atoms with Gasteiger partial charge < -0.3 is 35.4 Å². The van der Waals surface area contributed by atoms with Crippen LogP contribution in [0.15, 0.2) is 79.0 Å². The summed E-state index contributed by atoms with van der Waals surface area (Å²) in [5, 5.41) is 44.9. The number of nitrogens with one attached hydrogen (secondary N) is 3. The summed E-state index contributed by atoms with van der Waals surface area (Å²) in [7, 11) is 1.72. The Morgan fingerprint density at radius 1 is 0.746 bits per heavy atom. The molecule has 0 aliphatic rings. The number of carbonyl (C=O) groups excluding carboxylic acids is 3. The molecular weight excluding hydrogens is 780 g/mol. The van der Waals surface area contributed by atoms with Crippen LogP contribution < -0.4 is 20.9 Å². The number of rotatable bonds is 19. The van der Waals surface area contributed by atoms with Gasteiger partial charge in [-0.1, -0.05) is 24.3 Å². The van der Waals surface area contributed by atoms with Gasteiger partial charge in [0.15, 0.2) is 17.0 Å². The van der Waals surface area contributed by atoms with E-state index in [1.165, 1.54) is 66.9 Å². The number of aliphatic carboxylic acids is 2. The third-order valence-corrected chi connectivity index (χ3v) is 8.24. The third-order valence-electron chi connectivity index (χ3n) is 8.24. The summed E-state index contributed by atoms with van der Waals surface area (Å²) >= 11 is 0. The molecule has 1 atom stereocenters. The van der Waals surface area contributed by atoms with E-state index in [-0.39, 0.29) is 65.8 Å². The number of hydrogen-bond donors (Lipinski definition) is 5. The molecular formula is C36H32N10O13. The van der Waals surface area contributed by atoms with Crippen LogP contribution in [0.25, 0.3) is 11.2 Å². The summed E-state index contributed by atoms with van der Waals surface area (Å²) in [5.74, 6) is -5.00. The van der Waals surface area contributed by atoms with Crippen molar-refractivity contribution in [1.82, 2.24) is 25.3 Å². The van der Waals surface area contributed by atoms with Crippen LogP contribution in [0.1, 0.15) is 60.7 Å². The van der Waals surface area contributed by atoms with Gasteiger partial charge in [-0.25, -0.2) is 14.8 Å². The molecule has 0 saturated carbocycles. The summed E-state index contributed by atoms with van der Waals surface area (Å²) in [6.45, 7) is -0.523. The number of amides is 3. The molecule has 5 N–H and O–H groups in total. The SMILES string of the molecule is CN(Cc1cnc2nc(NC(=O)c3ccc(CO[N+](=O)[O-])cc3)nc(NC(=O)c3ccc(CO[N+](=O)[O-])cc3)c2n1)c1ccc(C(=O)NC(CCC(=O)O)C(=O)O)cc1. The fraction of sp³-hybridized carbons (Fsp3) is 0.194. The Bertz CT molecular complexity index is 2400. The number of anilines is 3. The van der Waals surface area contributed by atoms with Gasteiger partial charge in [0.05, 0.1) is 18.4 Å². The number of carboxylic acid groups (broad SMARTS) is 2. The molecule has 0 aliphatic heterocycles. The van der Waals surface area contributed by atoms with Crippen molar-refractivity contribution in [3.05, 3.63) is 133 Å². The van der Waals surface area contributed by atoms with Crippen LogP contribution in [0.4, 0.5) is 17.5 Å². The quantitative estimate of drug-likeness (QED) is 0.0591. The van der Waals surface area contributed by atoms with Gasteiger partial charge in [-0.2, -0.15) is 9.97 Å². The molecule has 0 fully saturated rings. The molecule has 3 amide bonds. The topological polar surface area (TPSA) is 321 Å². The number of benzene rings is 3. The van der Waals surface area contributed by atoms with Gasteiger partial charge in [-0.15, -0.1) is 20.2 Å². The second kappa shape index (κ2) is 19.0. The van der Waals surface area contributed by atoms with Gasteiger partial charge in [-0.3, -0.25) is 24.5 Å². The van der Waals surface area contributed by atoms with Crippen molar-refractivity contribution in [3.63, 3.8) is 0 Å². The molecule has 5 aromatic rings. The van der Waals surface area contributed by atoms with Crippen molar-refractivity contribution in [1.29, 1.82) is 0 Å². The molecule has 5 rings (SSSR count). The molecule has 0 bridgehead atoms. The van der Waals surface area contributed by atoms with Crippen LogP contribution in [0.5, 0.6) is 0 Å². The zero-order chi connectivity index (χ0) is 42.6. The maximum absolute atomic E-state index is 13.4. The minimum absolute atomic E-state index is 0.0186. The van der Waals surface area contributed by atoms with Crippen molar-refractivity contribution in [2.45, 2.75) is 38.6 Å². The van der Waals surface area contributed by atoms with Crippen LogP contribution >= 0.6 is 0 Å². The Kier molecular flexibility index (Phi) is 13.4. The summed E-state index contributed by atoms with van der Waals surface area (Å²) in [4.78, 5) is 111. The molecule has 23 nitrogen and oxygen atoms in total. The zero-order valence-corrected chi connectivity index (χ0v) is 30.6. The monoisotopic (exact) mass is 812 g/mol. The molecule has 304 valence electrons. The van der Waals surface area contributed by atoms with E-state index < -0.39 is 52.3 Å². The van der Waals surface area contributed by atoms with Crippen molar-refractivity contribution in [3.8, 4) is 0 Å². The highest BCUT2D eigenvalue weighted by Gasteiger charge is 2.22. The first-order valence-corrected chi connectivity index (χ1v) is 17.1. The standard InChI is InChI=1S/C36H32N10O13/c1-44(26-12-10-24(11-13-26)32(49)39-27(35(52)53)14-15-28(47)48)17-25-16-37-30-29(38-25)31(40-33(50)22-6-2-20(3-7-22)18-58-45(54)55)42-36(41-30)43-34(51)23-8-4-21(5-9-23)19-59-46(56)57/h2-13,16,27H,14-15,17-19H2,1H3,(H,39,49)(H,47,48)(H,52,53)(H2,37,40,41,42,43,50,51). The number of aromatic nitrogens is 4. The molecule has 1 unspecified atom stereocenters. The maximum Gasteiger partial charge on any atom is 0.326 e. The highest BCUT2D eigenvalue weighted by Crippen LogP contribution is 2.23. The van der Waals surface area contributed by atoms with Crippen molar-refractivity contribution in [2.75, 3.05) is 22.6 Å². The van der Waals surface area contributed by atoms with Crippen LogP contribution in [-0.2, 0) is 39.0 Å². The minimum Gasteiger partial charge on any atom is -0.481 e. The predicted octanol–water partition coefficient (Wildman–Crippen LogP) is 3.03. The minimum atomic E-state index is -1.40. The van der Waals surface area contributed by atoms with E-state index in [9.17, 15) is 49.3 Å². The molecule has 3 aromatic carbocycles. The highest BCUT2D eigenvalue weighted by atomic mass is 17.0. The van der Waals surface area contributed by atoms with Crippen LogP contribution in [0, 0.1) is 20.2 Å². The highest BCUT2D eigenvalue weighted by molar-refractivity contribution is 6.08. The van der Waals surface area contributed by atoms with E-state index in [4.69, 9.17) is 5.11 Å². The number of carboxylic acids is 2. The first-order valence-electron chi connectivity index (χ1n) is 17.1. The van der Waals surface area contributed by atoms with E-state index in [1.54, 1.807) is 24.1 Å². The average Bonchev–Trinajstić information content (AvgIpc) is 3.21. The van der Waals surface area contributed by atoms with Gasteiger partial charge in [0.1, 0.15) is 19.3 Å².